The molecule has 0 spiro atoms. The number of nitrogens with two attached hydrogens (primary N) is 1. The zero-order chi connectivity index (χ0) is 15.8. The Bertz CT molecular complexity index is 670. The second kappa shape index (κ2) is 6.02. The number of likely N-dealkylation sites (tertiary alicyclic amines) is 1. The number of benzene rings is 1. The van der Waals surface area contributed by atoms with E-state index in [1.165, 1.54) is 0 Å². The average Bonchev–Trinajstić information content (AvgIpc) is 2.40. The van der Waals surface area contributed by atoms with Gasteiger partial charge in [-0.2, -0.15) is 0 Å². The maximum Gasteiger partial charge on any atom is 0.255 e. The van der Waals surface area contributed by atoms with Crippen LogP contribution in [0.2, 0.25) is 0 Å². The van der Waals surface area contributed by atoms with Crippen LogP contribution in [0.1, 0.15) is 30.1 Å². The van der Waals surface area contributed by atoms with Gasteiger partial charge in [-0.15, -0.1) is 0 Å². The number of nitrogens with zero attached hydrogens (tertiary/aromatic N) is 1. The Labute approximate surface area is 131 Å². The highest BCUT2D eigenvalue weighted by Crippen LogP contribution is 2.29. The summed E-state index contributed by atoms with van der Waals surface area (Å²) in [6.45, 7) is 3.26. The monoisotopic (exact) mass is 378 g/mol. The second-order valence-corrected chi connectivity index (χ2v) is 7.61. The van der Waals surface area contributed by atoms with Crippen molar-refractivity contribution in [3.05, 3.63) is 28.0 Å². The molecular formula is C13H16BrFN2O3S. The number of sulfonamides is 1. The van der Waals surface area contributed by atoms with Gasteiger partial charge >= 0.3 is 0 Å². The van der Waals surface area contributed by atoms with Crippen molar-refractivity contribution in [2.24, 2.45) is 11.1 Å². The molecule has 1 amide bonds. The number of rotatable bonds is 2. The number of amides is 1. The number of piperidine rings is 1. The molecule has 116 valence electrons. The van der Waals surface area contributed by atoms with Crippen LogP contribution in [-0.2, 0) is 10.0 Å². The Morgan fingerprint density at radius 2 is 1.95 bits per heavy atom. The minimum Gasteiger partial charge on any atom is -0.339 e. The predicted octanol–water partition coefficient (Wildman–Crippen LogP) is 2.11. The van der Waals surface area contributed by atoms with E-state index in [-0.39, 0.29) is 10.0 Å². The van der Waals surface area contributed by atoms with Crippen LogP contribution < -0.4 is 5.14 Å². The summed E-state index contributed by atoms with van der Waals surface area (Å²) in [4.78, 5) is 13.6. The summed E-state index contributed by atoms with van der Waals surface area (Å²) in [7, 11) is -4.11. The largest absolute Gasteiger partial charge is 0.339 e. The van der Waals surface area contributed by atoms with Crippen molar-refractivity contribution in [1.82, 2.24) is 4.90 Å². The third-order valence-corrected chi connectivity index (χ3v) is 5.66. The van der Waals surface area contributed by atoms with Gasteiger partial charge in [0.25, 0.3) is 5.91 Å². The topological polar surface area (TPSA) is 80.5 Å². The highest BCUT2D eigenvalue weighted by molar-refractivity contribution is 9.10. The molecule has 0 aliphatic carbocycles. The molecule has 1 aromatic carbocycles. The van der Waals surface area contributed by atoms with Crippen LogP contribution in [0.3, 0.4) is 0 Å². The maximum absolute atomic E-state index is 13.6. The van der Waals surface area contributed by atoms with E-state index >= 15 is 0 Å². The van der Waals surface area contributed by atoms with Gasteiger partial charge in [-0.3, -0.25) is 4.79 Å². The fourth-order valence-corrected chi connectivity index (χ4v) is 4.02. The third-order valence-electron chi connectivity index (χ3n) is 3.61. The number of carbonyl (C=O) groups excluding carboxylic acids is 1. The van der Waals surface area contributed by atoms with E-state index in [1.807, 2.05) is 0 Å². The zero-order valence-electron chi connectivity index (χ0n) is 11.5. The van der Waals surface area contributed by atoms with E-state index in [0.29, 0.717) is 19.0 Å². The van der Waals surface area contributed by atoms with E-state index in [1.54, 1.807) is 4.90 Å². The second-order valence-electron chi connectivity index (χ2n) is 5.29. The number of halogens is 2. The van der Waals surface area contributed by atoms with Crippen LogP contribution in [0.25, 0.3) is 0 Å². The van der Waals surface area contributed by atoms with Gasteiger partial charge in [-0.25, -0.2) is 17.9 Å². The average molecular weight is 379 g/mol. The molecule has 0 atom stereocenters. The maximum atomic E-state index is 13.6. The quantitative estimate of drug-likeness (QED) is 0.855. The first kappa shape index (κ1) is 16.4. The van der Waals surface area contributed by atoms with E-state index in [4.69, 9.17) is 5.14 Å². The smallest absolute Gasteiger partial charge is 0.255 e. The molecule has 1 fully saturated rings. The third kappa shape index (κ3) is 3.61. The SMILES string of the molecule is CC1CCN(C(=O)c2cc(F)cc(S(N)(=O)=O)c2Br)CC1. The molecular weight excluding hydrogens is 363 g/mol. The molecule has 1 aliphatic heterocycles. The van der Waals surface area contributed by atoms with Crippen molar-refractivity contribution < 1.29 is 17.6 Å². The summed E-state index contributed by atoms with van der Waals surface area (Å²) < 4.78 is 36.5. The van der Waals surface area contributed by atoms with Crippen molar-refractivity contribution in [2.75, 3.05) is 13.1 Å². The van der Waals surface area contributed by atoms with Gasteiger partial charge in [-0.1, -0.05) is 6.92 Å². The lowest BCUT2D eigenvalue weighted by molar-refractivity contribution is 0.0695. The highest BCUT2D eigenvalue weighted by atomic mass is 79.9. The van der Waals surface area contributed by atoms with E-state index in [2.05, 4.69) is 22.9 Å². The van der Waals surface area contributed by atoms with Gasteiger partial charge in [-0.05, 0) is 46.8 Å². The summed E-state index contributed by atoms with van der Waals surface area (Å²) in [5, 5.41) is 5.04. The number of primary sulfonamides is 1. The van der Waals surface area contributed by atoms with Crippen LogP contribution in [-0.4, -0.2) is 32.3 Å². The first-order valence-corrected chi connectivity index (χ1v) is 8.85. The summed E-state index contributed by atoms with van der Waals surface area (Å²) in [5.41, 5.74) is -0.0198. The Morgan fingerprint density at radius 3 is 2.48 bits per heavy atom. The van der Waals surface area contributed by atoms with Gasteiger partial charge in [0.2, 0.25) is 10.0 Å². The molecule has 1 heterocycles. The van der Waals surface area contributed by atoms with Crippen LogP contribution >= 0.6 is 15.9 Å². The van der Waals surface area contributed by atoms with Gasteiger partial charge in [0.1, 0.15) is 5.82 Å². The summed E-state index contributed by atoms with van der Waals surface area (Å²) in [6.07, 6.45) is 1.75. The van der Waals surface area contributed by atoms with Crippen molar-refractivity contribution in [1.29, 1.82) is 0 Å². The van der Waals surface area contributed by atoms with E-state index in [9.17, 15) is 17.6 Å². The molecule has 0 unspecified atom stereocenters. The molecule has 0 aromatic heterocycles. The van der Waals surface area contributed by atoms with Crippen LogP contribution in [0.5, 0.6) is 0 Å². The van der Waals surface area contributed by atoms with Crippen LogP contribution in [0.4, 0.5) is 4.39 Å². The number of hydrogen-bond donors (Lipinski definition) is 1. The summed E-state index contributed by atoms with van der Waals surface area (Å²) in [6, 6.07) is 1.83. The van der Waals surface area contributed by atoms with Crippen LogP contribution in [0, 0.1) is 11.7 Å². The Kier molecular flexibility index (Phi) is 4.69. The first-order chi connectivity index (χ1) is 9.70. The normalized spacial score (nSPS) is 17.0. The lowest BCUT2D eigenvalue weighted by Gasteiger charge is -2.30. The fraction of sp³-hybridized carbons (Fsp3) is 0.462. The van der Waals surface area contributed by atoms with Gasteiger partial charge in [0.05, 0.1) is 14.9 Å². The Balaban J connectivity index is 2.40. The predicted molar refractivity (Wildman–Crippen MR) is 79.8 cm³/mol. The molecule has 21 heavy (non-hydrogen) atoms. The minimum absolute atomic E-state index is 0.00928. The molecule has 8 heteroatoms. The first-order valence-electron chi connectivity index (χ1n) is 6.51. The molecule has 0 saturated carbocycles. The standard InChI is InChI=1S/C13H16BrFN2O3S/c1-8-2-4-17(5-3-8)13(18)10-6-9(15)7-11(12(10)14)21(16,19)20/h6-8H,2-5H2,1H3,(H2,16,19,20). The van der Waals surface area contributed by atoms with Crippen molar-refractivity contribution in [3.63, 3.8) is 0 Å². The molecule has 1 saturated heterocycles. The number of carbonyl (C=O) groups is 1. The van der Waals surface area contributed by atoms with Crippen LogP contribution in [0.15, 0.2) is 21.5 Å². The fourth-order valence-electron chi connectivity index (χ4n) is 2.31. The van der Waals surface area contributed by atoms with E-state index in [0.717, 1.165) is 25.0 Å². The van der Waals surface area contributed by atoms with Crippen molar-refractivity contribution >= 4 is 31.9 Å². The molecule has 1 aromatic rings. The van der Waals surface area contributed by atoms with Gasteiger partial charge in [0, 0.05) is 13.1 Å². The van der Waals surface area contributed by atoms with Crippen molar-refractivity contribution in [2.45, 2.75) is 24.7 Å². The van der Waals surface area contributed by atoms with Gasteiger partial charge in [0.15, 0.2) is 0 Å². The molecule has 5 nitrogen and oxygen atoms in total. The lowest BCUT2D eigenvalue weighted by Crippen LogP contribution is -2.38. The summed E-state index contributed by atoms with van der Waals surface area (Å²) in [5.74, 6) is -0.654. The highest BCUT2D eigenvalue weighted by Gasteiger charge is 2.26. The Morgan fingerprint density at radius 1 is 1.38 bits per heavy atom. The molecule has 1 aliphatic rings. The zero-order valence-corrected chi connectivity index (χ0v) is 13.9. The molecule has 0 bridgehead atoms. The van der Waals surface area contributed by atoms with Crippen molar-refractivity contribution in [3.8, 4) is 0 Å². The molecule has 2 N–H and O–H groups in total. The summed E-state index contributed by atoms with van der Waals surface area (Å²) >= 11 is 3.06. The number of hydrogen-bond acceptors (Lipinski definition) is 3. The minimum atomic E-state index is -4.11. The van der Waals surface area contributed by atoms with Gasteiger partial charge < -0.3 is 4.90 Å². The molecule has 0 radical (unpaired) electrons. The Hall–Kier alpha value is -0.990. The molecule has 2 rings (SSSR count). The lowest BCUT2D eigenvalue weighted by atomic mass is 9.98. The van der Waals surface area contributed by atoms with E-state index < -0.39 is 26.6 Å².